The number of methoxy groups -OCH3 is 1. The van der Waals surface area contributed by atoms with E-state index < -0.39 is 0 Å². The highest BCUT2D eigenvalue weighted by atomic mass is 16.5. The van der Waals surface area contributed by atoms with Crippen molar-refractivity contribution in [2.75, 3.05) is 12.8 Å². The van der Waals surface area contributed by atoms with Crippen LogP contribution in [0.5, 0.6) is 11.5 Å². The van der Waals surface area contributed by atoms with Gasteiger partial charge in [0, 0.05) is 11.1 Å². The van der Waals surface area contributed by atoms with E-state index in [0.29, 0.717) is 33.6 Å². The molecule has 2 aromatic carbocycles. The van der Waals surface area contributed by atoms with Gasteiger partial charge in [0.15, 0.2) is 17.1 Å². The molecule has 4 aromatic rings. The van der Waals surface area contributed by atoms with E-state index in [9.17, 15) is 10.4 Å². The van der Waals surface area contributed by atoms with Gasteiger partial charge in [-0.05, 0) is 32.0 Å². The first kappa shape index (κ1) is 18.3. The Morgan fingerprint density at radius 2 is 1.86 bits per heavy atom. The summed E-state index contributed by atoms with van der Waals surface area (Å²) in [6, 6.07) is 15.1. The summed E-state index contributed by atoms with van der Waals surface area (Å²) in [6.45, 7) is 3.85. The summed E-state index contributed by atoms with van der Waals surface area (Å²) in [5.41, 5.74) is 10.4. The predicted molar refractivity (Wildman–Crippen MR) is 111 cm³/mol. The lowest BCUT2D eigenvalue weighted by Crippen LogP contribution is -2.03. The molecule has 2 heterocycles. The quantitative estimate of drug-likeness (QED) is 0.554. The van der Waals surface area contributed by atoms with Crippen LogP contribution in [0.4, 0.5) is 5.82 Å². The molecule has 0 fully saturated rings. The summed E-state index contributed by atoms with van der Waals surface area (Å²) >= 11 is 0. The lowest BCUT2D eigenvalue weighted by molar-refractivity contribution is 0.374. The van der Waals surface area contributed by atoms with Crippen molar-refractivity contribution in [3.63, 3.8) is 0 Å². The molecular weight excluding hydrogens is 366 g/mol. The van der Waals surface area contributed by atoms with Crippen LogP contribution in [0.1, 0.15) is 16.8 Å². The molecule has 0 atom stereocenters. The Morgan fingerprint density at radius 3 is 2.52 bits per heavy atom. The summed E-state index contributed by atoms with van der Waals surface area (Å²) in [5, 5.41) is 25.8. The second-order valence-corrected chi connectivity index (χ2v) is 6.75. The van der Waals surface area contributed by atoms with Crippen molar-refractivity contribution in [2.45, 2.75) is 13.8 Å². The largest absolute Gasteiger partial charge is 0.504 e. The summed E-state index contributed by atoms with van der Waals surface area (Å²) in [6.07, 6.45) is 0. The van der Waals surface area contributed by atoms with Crippen molar-refractivity contribution in [2.24, 2.45) is 0 Å². The maximum absolute atomic E-state index is 10.7. The molecule has 144 valence electrons. The number of aryl methyl sites for hydroxylation is 2. The van der Waals surface area contributed by atoms with E-state index in [1.807, 2.05) is 38.1 Å². The zero-order chi connectivity index (χ0) is 20.7. The Kier molecular flexibility index (Phi) is 4.32. The van der Waals surface area contributed by atoms with Crippen LogP contribution < -0.4 is 10.5 Å². The van der Waals surface area contributed by atoms with Gasteiger partial charge >= 0.3 is 0 Å². The number of aromatic hydroxyl groups is 1. The zero-order valence-electron chi connectivity index (χ0n) is 16.3. The number of nitrogen functional groups attached to an aromatic ring is 1. The number of phenols is 1. The van der Waals surface area contributed by atoms with Gasteiger partial charge < -0.3 is 15.6 Å². The summed E-state index contributed by atoms with van der Waals surface area (Å²) in [5.74, 6) is 0.310. The maximum Gasteiger partial charge on any atom is 0.166 e. The first-order chi connectivity index (χ1) is 14.0. The van der Waals surface area contributed by atoms with Crippen LogP contribution in [0, 0.1) is 25.2 Å². The topological polar surface area (TPSA) is 110 Å². The fraction of sp³-hybridized carbons (Fsp3) is 0.136. The molecule has 0 aliphatic heterocycles. The molecular formula is C22H19N5O2. The minimum absolute atomic E-state index is 0.0686. The van der Waals surface area contributed by atoms with Gasteiger partial charge in [0.2, 0.25) is 0 Å². The number of phenolic OH excluding ortho intramolecular Hbond substituents is 1. The fourth-order valence-electron chi connectivity index (χ4n) is 3.47. The van der Waals surface area contributed by atoms with Crippen molar-refractivity contribution in [3.05, 3.63) is 59.3 Å². The van der Waals surface area contributed by atoms with Gasteiger partial charge in [-0.25, -0.2) is 9.67 Å². The molecule has 0 saturated heterocycles. The van der Waals surface area contributed by atoms with Gasteiger partial charge in [-0.3, -0.25) is 0 Å². The van der Waals surface area contributed by atoms with Crippen LogP contribution in [0.3, 0.4) is 0 Å². The fourth-order valence-corrected chi connectivity index (χ4v) is 3.47. The molecule has 0 unspecified atom stereocenters. The molecule has 0 bridgehead atoms. The molecule has 2 aromatic heterocycles. The van der Waals surface area contributed by atoms with Crippen LogP contribution in [0.15, 0.2) is 42.5 Å². The van der Waals surface area contributed by atoms with Crippen molar-refractivity contribution in [1.82, 2.24) is 14.8 Å². The minimum atomic E-state index is -0.0686. The molecule has 0 aliphatic carbocycles. The number of anilines is 1. The molecule has 0 radical (unpaired) electrons. The van der Waals surface area contributed by atoms with Gasteiger partial charge in [-0.2, -0.15) is 10.4 Å². The van der Waals surface area contributed by atoms with Crippen LogP contribution in [-0.4, -0.2) is 27.0 Å². The maximum atomic E-state index is 10.7. The second-order valence-electron chi connectivity index (χ2n) is 6.75. The number of rotatable bonds is 3. The van der Waals surface area contributed by atoms with E-state index in [2.05, 4.69) is 16.2 Å². The number of nitriles is 1. The van der Waals surface area contributed by atoms with E-state index in [0.717, 1.165) is 11.3 Å². The highest BCUT2D eigenvalue weighted by Crippen LogP contribution is 2.43. The molecule has 7 nitrogen and oxygen atoms in total. The van der Waals surface area contributed by atoms with Crippen molar-refractivity contribution in [3.8, 4) is 34.4 Å². The number of hydrogen-bond donors (Lipinski definition) is 2. The standard InChI is InChI=1S/C22H19N5O2/c1-12-7-9-14(10-8-12)27-22-18(13(2)26-27)19(16(11-23)21(24)25-22)15-5-4-6-17(29-3)20(15)28/h4-10,28H,1-3H3,(H2,24,25). The molecule has 3 N–H and O–H groups in total. The number of ether oxygens (including phenoxy) is 1. The van der Waals surface area contributed by atoms with Gasteiger partial charge in [-0.1, -0.05) is 29.8 Å². The minimum Gasteiger partial charge on any atom is -0.504 e. The van der Waals surface area contributed by atoms with Crippen LogP contribution in [0.25, 0.3) is 27.8 Å². The Labute approximate surface area is 167 Å². The second kappa shape index (κ2) is 6.84. The van der Waals surface area contributed by atoms with Gasteiger partial charge in [0.25, 0.3) is 0 Å². The first-order valence-electron chi connectivity index (χ1n) is 8.98. The van der Waals surface area contributed by atoms with Crippen molar-refractivity contribution < 1.29 is 9.84 Å². The third-order valence-corrected chi connectivity index (χ3v) is 4.90. The molecule has 0 spiro atoms. The SMILES string of the molecule is COc1cccc(-c2c(C#N)c(N)nc3c2c(C)nn3-c2ccc(C)cc2)c1O. The highest BCUT2D eigenvalue weighted by Gasteiger charge is 2.24. The number of nitrogens with zero attached hydrogens (tertiary/aromatic N) is 4. The first-order valence-corrected chi connectivity index (χ1v) is 8.98. The molecule has 0 aliphatic rings. The Balaban J connectivity index is 2.12. The molecule has 0 saturated carbocycles. The highest BCUT2D eigenvalue weighted by molar-refractivity contribution is 6.02. The third-order valence-electron chi connectivity index (χ3n) is 4.90. The number of aromatic nitrogens is 3. The monoisotopic (exact) mass is 385 g/mol. The van der Waals surface area contributed by atoms with E-state index in [1.165, 1.54) is 7.11 Å². The van der Waals surface area contributed by atoms with Crippen LogP contribution in [0.2, 0.25) is 0 Å². The van der Waals surface area contributed by atoms with Crippen molar-refractivity contribution in [1.29, 1.82) is 5.26 Å². The number of nitrogens with two attached hydrogens (primary N) is 1. The van der Waals surface area contributed by atoms with Gasteiger partial charge in [0.05, 0.1) is 23.9 Å². The van der Waals surface area contributed by atoms with Crippen LogP contribution >= 0.6 is 0 Å². The molecule has 7 heteroatoms. The summed E-state index contributed by atoms with van der Waals surface area (Å²) in [7, 11) is 1.47. The average Bonchev–Trinajstić information content (AvgIpc) is 3.04. The predicted octanol–water partition coefficient (Wildman–Crippen LogP) is 3.87. The molecule has 4 rings (SSSR count). The van der Waals surface area contributed by atoms with Crippen LogP contribution in [-0.2, 0) is 0 Å². The number of hydrogen-bond acceptors (Lipinski definition) is 6. The lowest BCUT2D eigenvalue weighted by Gasteiger charge is -2.13. The lowest BCUT2D eigenvalue weighted by atomic mass is 9.96. The third kappa shape index (κ3) is 2.82. The smallest absolute Gasteiger partial charge is 0.166 e. The summed E-state index contributed by atoms with van der Waals surface area (Å²) in [4.78, 5) is 4.47. The van der Waals surface area contributed by atoms with E-state index in [-0.39, 0.29) is 17.1 Å². The zero-order valence-corrected chi connectivity index (χ0v) is 16.3. The van der Waals surface area contributed by atoms with E-state index in [4.69, 9.17) is 10.5 Å². The van der Waals surface area contributed by atoms with Gasteiger partial charge in [0.1, 0.15) is 17.5 Å². The number of fused-ring (bicyclic) bond motifs is 1. The number of para-hydroxylation sites is 1. The summed E-state index contributed by atoms with van der Waals surface area (Å²) < 4.78 is 6.94. The molecule has 29 heavy (non-hydrogen) atoms. The Hall–Kier alpha value is -4.05. The molecule has 0 amide bonds. The Morgan fingerprint density at radius 1 is 1.14 bits per heavy atom. The van der Waals surface area contributed by atoms with E-state index in [1.54, 1.807) is 22.9 Å². The van der Waals surface area contributed by atoms with E-state index >= 15 is 0 Å². The van der Waals surface area contributed by atoms with Gasteiger partial charge in [-0.15, -0.1) is 0 Å². The van der Waals surface area contributed by atoms with Crippen molar-refractivity contribution >= 4 is 16.9 Å². The average molecular weight is 385 g/mol. The number of benzene rings is 2. The Bertz CT molecular complexity index is 1280. The normalized spacial score (nSPS) is 10.8. The number of pyridine rings is 1.